The molecule has 0 radical (unpaired) electrons. The summed E-state index contributed by atoms with van der Waals surface area (Å²) in [5.41, 5.74) is 1.66. The van der Waals surface area contributed by atoms with Crippen LogP contribution in [0.15, 0.2) is 48.5 Å². The molecule has 0 heterocycles. The third kappa shape index (κ3) is 4.65. The van der Waals surface area contributed by atoms with E-state index in [1.54, 1.807) is 6.07 Å². The SMILES string of the molecule is Oc1ccccc1CN(C(=S)NC1CCCCC1)c1ccccc1Cl. The van der Waals surface area contributed by atoms with Crippen LogP contribution in [0.25, 0.3) is 0 Å². The largest absolute Gasteiger partial charge is 0.508 e. The molecule has 0 spiro atoms. The van der Waals surface area contributed by atoms with Gasteiger partial charge in [0.1, 0.15) is 5.75 Å². The monoisotopic (exact) mass is 374 g/mol. The molecule has 1 fully saturated rings. The van der Waals surface area contributed by atoms with E-state index in [-0.39, 0.29) is 5.75 Å². The van der Waals surface area contributed by atoms with E-state index in [0.29, 0.717) is 22.7 Å². The summed E-state index contributed by atoms with van der Waals surface area (Å²) in [5, 5.41) is 15.0. The number of benzene rings is 2. The molecule has 1 aliphatic carbocycles. The lowest BCUT2D eigenvalue weighted by molar-refractivity contribution is 0.413. The van der Waals surface area contributed by atoms with Gasteiger partial charge in [0.15, 0.2) is 5.11 Å². The maximum atomic E-state index is 10.2. The second kappa shape index (κ2) is 8.54. The Labute approximate surface area is 159 Å². The van der Waals surface area contributed by atoms with Gasteiger partial charge < -0.3 is 15.3 Å². The number of rotatable bonds is 4. The smallest absolute Gasteiger partial charge is 0.174 e. The maximum absolute atomic E-state index is 10.2. The second-order valence-electron chi connectivity index (χ2n) is 6.45. The van der Waals surface area contributed by atoms with Gasteiger partial charge in [0, 0.05) is 11.6 Å². The van der Waals surface area contributed by atoms with Gasteiger partial charge in [-0.2, -0.15) is 0 Å². The quantitative estimate of drug-likeness (QED) is 0.715. The number of nitrogens with zero attached hydrogens (tertiary/aromatic N) is 1. The van der Waals surface area contributed by atoms with Crippen LogP contribution in [0.1, 0.15) is 37.7 Å². The number of hydrogen-bond acceptors (Lipinski definition) is 2. The summed E-state index contributed by atoms with van der Waals surface area (Å²) in [6, 6.07) is 15.4. The Morgan fingerprint density at radius 1 is 1.08 bits per heavy atom. The number of hydrogen-bond donors (Lipinski definition) is 2. The summed E-state index contributed by atoms with van der Waals surface area (Å²) in [6.45, 7) is 0.467. The fourth-order valence-corrected chi connectivity index (χ4v) is 3.82. The Kier molecular flexibility index (Phi) is 6.16. The summed E-state index contributed by atoms with van der Waals surface area (Å²) in [6.07, 6.45) is 6.08. The van der Waals surface area contributed by atoms with Crippen LogP contribution >= 0.6 is 23.8 Å². The number of phenolic OH excluding ortho intramolecular Hbond substituents is 1. The van der Waals surface area contributed by atoms with E-state index in [0.717, 1.165) is 24.1 Å². The standard InChI is InChI=1S/C20H23ClN2OS/c21-17-11-5-6-12-18(17)23(14-15-8-4-7-13-19(15)24)20(25)22-16-9-2-1-3-10-16/h4-8,11-13,16,24H,1-3,9-10,14H2,(H,22,25). The third-order valence-corrected chi connectivity index (χ3v) is 5.30. The Hall–Kier alpha value is -1.78. The van der Waals surface area contributed by atoms with Crippen molar-refractivity contribution >= 4 is 34.6 Å². The molecular weight excluding hydrogens is 352 g/mol. The van der Waals surface area contributed by atoms with E-state index in [4.69, 9.17) is 23.8 Å². The first kappa shape index (κ1) is 18.0. The lowest BCUT2D eigenvalue weighted by atomic mass is 9.96. The number of thiocarbonyl (C=S) groups is 1. The molecule has 2 N–H and O–H groups in total. The summed E-state index contributed by atoms with van der Waals surface area (Å²) in [7, 11) is 0. The van der Waals surface area contributed by atoms with Gasteiger partial charge in [-0.1, -0.05) is 61.2 Å². The third-order valence-electron chi connectivity index (χ3n) is 4.64. The molecular formula is C20H23ClN2OS. The predicted molar refractivity (Wildman–Crippen MR) is 108 cm³/mol. The van der Waals surface area contributed by atoms with Gasteiger partial charge in [0.2, 0.25) is 0 Å². The highest BCUT2D eigenvalue weighted by molar-refractivity contribution is 7.80. The maximum Gasteiger partial charge on any atom is 0.174 e. The first-order valence-electron chi connectivity index (χ1n) is 8.74. The molecule has 25 heavy (non-hydrogen) atoms. The number of phenols is 1. The van der Waals surface area contributed by atoms with Crippen molar-refractivity contribution in [3.05, 3.63) is 59.1 Å². The van der Waals surface area contributed by atoms with Crippen LogP contribution < -0.4 is 10.2 Å². The first-order chi connectivity index (χ1) is 12.1. The average Bonchev–Trinajstić information content (AvgIpc) is 2.63. The number of para-hydroxylation sites is 2. The van der Waals surface area contributed by atoms with E-state index < -0.39 is 0 Å². The van der Waals surface area contributed by atoms with Gasteiger partial charge in [-0.25, -0.2) is 0 Å². The molecule has 0 unspecified atom stereocenters. The van der Waals surface area contributed by atoms with Crippen LogP contribution in [0.2, 0.25) is 5.02 Å². The lowest BCUT2D eigenvalue weighted by Gasteiger charge is -2.31. The van der Waals surface area contributed by atoms with E-state index in [9.17, 15) is 5.11 Å². The molecule has 1 aliphatic rings. The molecule has 0 amide bonds. The zero-order chi connectivity index (χ0) is 17.6. The lowest BCUT2D eigenvalue weighted by Crippen LogP contribution is -2.45. The minimum Gasteiger partial charge on any atom is -0.508 e. The Bertz CT molecular complexity index is 731. The zero-order valence-corrected chi connectivity index (χ0v) is 15.7. The molecule has 3 nitrogen and oxygen atoms in total. The van der Waals surface area contributed by atoms with Crippen LogP contribution in [-0.4, -0.2) is 16.3 Å². The molecule has 2 aromatic rings. The summed E-state index contributed by atoms with van der Waals surface area (Å²) in [4.78, 5) is 1.97. The van der Waals surface area contributed by atoms with E-state index in [1.807, 2.05) is 47.4 Å². The fraction of sp³-hybridized carbons (Fsp3) is 0.350. The highest BCUT2D eigenvalue weighted by Crippen LogP contribution is 2.29. The molecule has 0 atom stereocenters. The predicted octanol–water partition coefficient (Wildman–Crippen LogP) is 5.26. The molecule has 2 aromatic carbocycles. The van der Waals surface area contributed by atoms with Crippen molar-refractivity contribution < 1.29 is 5.11 Å². The van der Waals surface area contributed by atoms with Crippen LogP contribution in [0.4, 0.5) is 5.69 Å². The number of nitrogens with one attached hydrogen (secondary N) is 1. The van der Waals surface area contributed by atoms with Crippen molar-refractivity contribution in [1.82, 2.24) is 5.32 Å². The van der Waals surface area contributed by atoms with Crippen molar-refractivity contribution in [2.45, 2.75) is 44.7 Å². The van der Waals surface area contributed by atoms with Crippen LogP contribution in [0, 0.1) is 0 Å². The van der Waals surface area contributed by atoms with Crippen molar-refractivity contribution in [3.8, 4) is 5.75 Å². The molecule has 5 heteroatoms. The topological polar surface area (TPSA) is 35.5 Å². The molecule has 3 rings (SSSR count). The summed E-state index contributed by atoms with van der Waals surface area (Å²) < 4.78 is 0. The van der Waals surface area contributed by atoms with Gasteiger partial charge in [-0.15, -0.1) is 0 Å². The van der Waals surface area contributed by atoms with Gasteiger partial charge in [-0.05, 0) is 43.3 Å². The number of aromatic hydroxyl groups is 1. The van der Waals surface area contributed by atoms with Crippen LogP contribution in [0.3, 0.4) is 0 Å². The van der Waals surface area contributed by atoms with Crippen molar-refractivity contribution in [3.63, 3.8) is 0 Å². The Morgan fingerprint density at radius 3 is 2.48 bits per heavy atom. The summed E-state index contributed by atoms with van der Waals surface area (Å²) >= 11 is 12.1. The average molecular weight is 375 g/mol. The molecule has 132 valence electrons. The van der Waals surface area contributed by atoms with Gasteiger partial charge in [0.25, 0.3) is 0 Å². The minimum atomic E-state index is 0.264. The molecule has 0 aromatic heterocycles. The molecule has 1 saturated carbocycles. The second-order valence-corrected chi connectivity index (χ2v) is 7.24. The van der Waals surface area contributed by atoms with Gasteiger partial charge in [-0.3, -0.25) is 0 Å². The van der Waals surface area contributed by atoms with E-state index in [1.165, 1.54) is 19.3 Å². The first-order valence-corrected chi connectivity index (χ1v) is 9.53. The Balaban J connectivity index is 1.84. The van der Waals surface area contributed by atoms with Crippen LogP contribution in [-0.2, 0) is 6.54 Å². The van der Waals surface area contributed by atoms with Crippen molar-refractivity contribution in [1.29, 1.82) is 0 Å². The summed E-state index contributed by atoms with van der Waals surface area (Å²) in [5.74, 6) is 0.264. The van der Waals surface area contributed by atoms with E-state index >= 15 is 0 Å². The minimum absolute atomic E-state index is 0.264. The molecule has 0 saturated heterocycles. The molecule has 0 bridgehead atoms. The highest BCUT2D eigenvalue weighted by atomic mass is 35.5. The van der Waals surface area contributed by atoms with Crippen LogP contribution in [0.5, 0.6) is 5.75 Å². The number of halogens is 1. The number of anilines is 1. The normalized spacial score (nSPS) is 14.9. The Morgan fingerprint density at radius 2 is 1.76 bits per heavy atom. The highest BCUT2D eigenvalue weighted by Gasteiger charge is 2.21. The van der Waals surface area contributed by atoms with Gasteiger partial charge >= 0.3 is 0 Å². The van der Waals surface area contributed by atoms with Crippen molar-refractivity contribution in [2.24, 2.45) is 0 Å². The fourth-order valence-electron chi connectivity index (χ4n) is 3.25. The molecule has 0 aliphatic heterocycles. The van der Waals surface area contributed by atoms with Crippen molar-refractivity contribution in [2.75, 3.05) is 4.90 Å². The van der Waals surface area contributed by atoms with E-state index in [2.05, 4.69) is 5.32 Å². The zero-order valence-electron chi connectivity index (χ0n) is 14.1. The van der Waals surface area contributed by atoms with Gasteiger partial charge in [0.05, 0.1) is 17.3 Å².